The van der Waals surface area contributed by atoms with Gasteiger partial charge in [0.05, 0.1) is 6.42 Å². The molecule has 5 heteroatoms. The maximum atomic E-state index is 10.8. The number of piperazine rings is 1. The van der Waals surface area contributed by atoms with E-state index in [1.807, 2.05) is 25.1 Å². The molecule has 1 aromatic carbocycles. The summed E-state index contributed by atoms with van der Waals surface area (Å²) in [4.78, 5) is 13.0. The molecule has 0 aliphatic carbocycles. The predicted octanol–water partition coefficient (Wildman–Crippen LogP) is 1.90. The fraction of sp³-hybridized carbons (Fsp3) is 0.462. The average molecular weight is 269 g/mol. The quantitative estimate of drug-likeness (QED) is 0.879. The van der Waals surface area contributed by atoms with Crippen LogP contribution in [0.15, 0.2) is 18.2 Å². The van der Waals surface area contributed by atoms with E-state index in [0.29, 0.717) is 6.54 Å². The van der Waals surface area contributed by atoms with Crippen LogP contribution < -0.4 is 10.2 Å². The van der Waals surface area contributed by atoms with Gasteiger partial charge < -0.3 is 15.3 Å². The summed E-state index contributed by atoms with van der Waals surface area (Å²) in [6.45, 7) is 4.36. The Morgan fingerprint density at radius 1 is 1.61 bits per heavy atom. The molecule has 0 amide bonds. The highest BCUT2D eigenvalue weighted by molar-refractivity contribution is 6.31. The molecule has 0 aromatic heterocycles. The Bertz CT molecular complexity index is 451. The molecule has 1 unspecified atom stereocenters. The molecule has 1 aromatic rings. The van der Waals surface area contributed by atoms with Crippen molar-refractivity contribution in [3.63, 3.8) is 0 Å². The first-order valence-electron chi connectivity index (χ1n) is 6.03. The zero-order valence-electron chi connectivity index (χ0n) is 10.3. The largest absolute Gasteiger partial charge is 0.481 e. The minimum atomic E-state index is -0.767. The van der Waals surface area contributed by atoms with Gasteiger partial charge in [0, 0.05) is 36.4 Å². The van der Waals surface area contributed by atoms with Gasteiger partial charge in [-0.1, -0.05) is 17.7 Å². The average Bonchev–Trinajstić information content (AvgIpc) is 2.32. The van der Waals surface area contributed by atoms with Crippen molar-refractivity contribution in [3.05, 3.63) is 28.8 Å². The summed E-state index contributed by atoms with van der Waals surface area (Å²) in [5.74, 6) is -0.767. The molecule has 2 rings (SSSR count). The van der Waals surface area contributed by atoms with E-state index in [4.69, 9.17) is 16.7 Å². The number of benzene rings is 1. The number of anilines is 1. The Hall–Kier alpha value is -1.26. The summed E-state index contributed by atoms with van der Waals surface area (Å²) >= 11 is 6.12. The van der Waals surface area contributed by atoms with E-state index >= 15 is 0 Å². The van der Waals surface area contributed by atoms with Crippen LogP contribution in [0.3, 0.4) is 0 Å². The Balaban J connectivity index is 2.13. The lowest BCUT2D eigenvalue weighted by Gasteiger charge is -2.35. The summed E-state index contributed by atoms with van der Waals surface area (Å²) < 4.78 is 0. The van der Waals surface area contributed by atoms with Crippen molar-refractivity contribution in [1.29, 1.82) is 0 Å². The molecule has 1 heterocycles. The van der Waals surface area contributed by atoms with E-state index in [0.717, 1.165) is 29.4 Å². The number of carboxylic acids is 1. The lowest BCUT2D eigenvalue weighted by Crippen LogP contribution is -2.51. The van der Waals surface area contributed by atoms with Gasteiger partial charge in [0.1, 0.15) is 0 Å². The second kappa shape index (κ2) is 5.59. The van der Waals surface area contributed by atoms with Crippen molar-refractivity contribution in [1.82, 2.24) is 5.32 Å². The normalized spacial score (nSPS) is 19.9. The van der Waals surface area contributed by atoms with Crippen LogP contribution in [-0.2, 0) is 4.79 Å². The molecule has 1 aliphatic heterocycles. The predicted molar refractivity (Wildman–Crippen MR) is 72.4 cm³/mol. The summed E-state index contributed by atoms with van der Waals surface area (Å²) in [6.07, 6.45) is 0.149. The third-order valence-electron chi connectivity index (χ3n) is 3.26. The van der Waals surface area contributed by atoms with Crippen LogP contribution in [0.1, 0.15) is 12.0 Å². The van der Waals surface area contributed by atoms with Crippen LogP contribution in [0.5, 0.6) is 0 Å². The molecular weight excluding hydrogens is 252 g/mol. The van der Waals surface area contributed by atoms with E-state index in [1.165, 1.54) is 0 Å². The monoisotopic (exact) mass is 268 g/mol. The number of carbonyl (C=O) groups is 1. The number of hydrogen-bond acceptors (Lipinski definition) is 3. The second-order valence-corrected chi connectivity index (χ2v) is 4.99. The van der Waals surface area contributed by atoms with Gasteiger partial charge >= 0.3 is 5.97 Å². The third kappa shape index (κ3) is 2.94. The minimum absolute atomic E-state index is 0.00497. The smallest absolute Gasteiger partial charge is 0.304 e. The van der Waals surface area contributed by atoms with Gasteiger partial charge in [-0.15, -0.1) is 0 Å². The lowest BCUT2D eigenvalue weighted by atomic mass is 10.1. The van der Waals surface area contributed by atoms with Gasteiger partial charge in [-0.25, -0.2) is 0 Å². The molecule has 1 aliphatic rings. The van der Waals surface area contributed by atoms with Crippen LogP contribution in [0, 0.1) is 6.92 Å². The highest BCUT2D eigenvalue weighted by Gasteiger charge is 2.22. The Morgan fingerprint density at radius 3 is 3.11 bits per heavy atom. The minimum Gasteiger partial charge on any atom is -0.481 e. The molecule has 0 bridgehead atoms. The number of carboxylic acid groups (broad SMARTS) is 1. The first-order valence-corrected chi connectivity index (χ1v) is 6.41. The number of rotatable bonds is 3. The van der Waals surface area contributed by atoms with E-state index in [-0.39, 0.29) is 12.5 Å². The summed E-state index contributed by atoms with van der Waals surface area (Å²) in [5, 5.41) is 12.8. The molecule has 1 saturated heterocycles. The van der Waals surface area contributed by atoms with E-state index in [2.05, 4.69) is 10.2 Å². The molecule has 4 nitrogen and oxygen atoms in total. The number of hydrogen-bond donors (Lipinski definition) is 2. The number of nitrogens with one attached hydrogen (secondary N) is 1. The fourth-order valence-corrected chi connectivity index (χ4v) is 2.50. The second-order valence-electron chi connectivity index (χ2n) is 4.58. The standard InChI is InChI=1S/C13H17ClN2O2/c1-9-11(14)3-2-4-12(9)16-6-5-15-10(8-16)7-13(17)18/h2-4,10,15H,5-8H2,1H3,(H,17,18). The molecule has 0 spiro atoms. The number of nitrogens with zero attached hydrogens (tertiary/aromatic N) is 1. The molecule has 18 heavy (non-hydrogen) atoms. The fourth-order valence-electron chi connectivity index (χ4n) is 2.33. The summed E-state index contributed by atoms with van der Waals surface area (Å²) in [7, 11) is 0. The Morgan fingerprint density at radius 2 is 2.39 bits per heavy atom. The zero-order chi connectivity index (χ0) is 13.1. The van der Waals surface area contributed by atoms with Crippen LogP contribution in [0.25, 0.3) is 0 Å². The first-order chi connectivity index (χ1) is 8.58. The van der Waals surface area contributed by atoms with Crippen molar-refractivity contribution < 1.29 is 9.90 Å². The Labute approximate surface area is 112 Å². The Kier molecular flexibility index (Phi) is 4.09. The number of aliphatic carboxylic acids is 1. The lowest BCUT2D eigenvalue weighted by molar-refractivity contribution is -0.137. The van der Waals surface area contributed by atoms with Crippen LogP contribution in [-0.4, -0.2) is 36.8 Å². The molecule has 1 fully saturated rings. The first kappa shape index (κ1) is 13.2. The summed E-state index contributed by atoms with van der Waals surface area (Å²) in [6, 6.07) is 5.83. The van der Waals surface area contributed by atoms with E-state index in [9.17, 15) is 4.79 Å². The van der Waals surface area contributed by atoms with Gasteiger partial charge in [0.2, 0.25) is 0 Å². The van der Waals surface area contributed by atoms with Crippen LogP contribution in [0.2, 0.25) is 5.02 Å². The summed E-state index contributed by atoms with van der Waals surface area (Å²) in [5.41, 5.74) is 2.15. The van der Waals surface area contributed by atoms with Crippen molar-refractivity contribution in [2.45, 2.75) is 19.4 Å². The molecule has 0 radical (unpaired) electrons. The molecule has 0 saturated carbocycles. The van der Waals surface area contributed by atoms with Crippen molar-refractivity contribution in [2.24, 2.45) is 0 Å². The SMILES string of the molecule is Cc1c(Cl)cccc1N1CCNC(CC(=O)O)C1. The highest BCUT2D eigenvalue weighted by atomic mass is 35.5. The van der Waals surface area contributed by atoms with Gasteiger partial charge in [0.25, 0.3) is 0 Å². The van der Waals surface area contributed by atoms with Crippen LogP contribution in [0.4, 0.5) is 5.69 Å². The van der Waals surface area contributed by atoms with E-state index in [1.54, 1.807) is 0 Å². The van der Waals surface area contributed by atoms with Crippen molar-refractivity contribution in [3.8, 4) is 0 Å². The maximum Gasteiger partial charge on any atom is 0.304 e. The van der Waals surface area contributed by atoms with Gasteiger partial charge in [-0.3, -0.25) is 4.79 Å². The van der Waals surface area contributed by atoms with Crippen molar-refractivity contribution in [2.75, 3.05) is 24.5 Å². The molecule has 98 valence electrons. The van der Waals surface area contributed by atoms with Gasteiger partial charge in [0.15, 0.2) is 0 Å². The third-order valence-corrected chi connectivity index (χ3v) is 3.67. The molecule has 1 atom stereocenters. The highest BCUT2D eigenvalue weighted by Crippen LogP contribution is 2.27. The van der Waals surface area contributed by atoms with Gasteiger partial charge in [-0.2, -0.15) is 0 Å². The van der Waals surface area contributed by atoms with E-state index < -0.39 is 5.97 Å². The zero-order valence-corrected chi connectivity index (χ0v) is 11.1. The number of halogens is 1. The van der Waals surface area contributed by atoms with Gasteiger partial charge in [-0.05, 0) is 24.6 Å². The molecular formula is C13H17ClN2O2. The van der Waals surface area contributed by atoms with Crippen molar-refractivity contribution >= 4 is 23.3 Å². The molecule has 2 N–H and O–H groups in total. The van der Waals surface area contributed by atoms with Crippen LogP contribution >= 0.6 is 11.6 Å². The topological polar surface area (TPSA) is 52.6 Å². The maximum absolute atomic E-state index is 10.8.